The molecule has 170 valence electrons. The van der Waals surface area contributed by atoms with Crippen LogP contribution >= 0.6 is 0 Å². The van der Waals surface area contributed by atoms with Crippen molar-refractivity contribution in [1.82, 2.24) is 16.0 Å². The largest absolute Gasteiger partial charge is 0.377 e. The highest BCUT2D eigenvalue weighted by atomic mass is 32.2. The number of amides is 1. The van der Waals surface area contributed by atoms with Crippen LogP contribution in [0.25, 0.3) is 0 Å². The van der Waals surface area contributed by atoms with Crippen molar-refractivity contribution in [3.63, 3.8) is 0 Å². The van der Waals surface area contributed by atoms with Gasteiger partial charge in [0.1, 0.15) is 0 Å². The Bertz CT molecular complexity index is 890. The number of carbonyl (C=O) groups excluding carboxylic acids is 1. The molecule has 3 saturated heterocycles. The molecule has 3 aliphatic heterocycles. The van der Waals surface area contributed by atoms with Gasteiger partial charge in [0.05, 0.1) is 22.3 Å². The zero-order chi connectivity index (χ0) is 21.4. The normalized spacial score (nSPS) is 35.4. The Morgan fingerprint density at radius 2 is 1.94 bits per heavy atom. The zero-order valence-electron chi connectivity index (χ0n) is 17.9. The Labute approximate surface area is 184 Å². The SMILES string of the molecule is O=C(NCc1ccc(S(=O)(=O)C2CCCC3CCOC32)cc1)C1CC2CNCCC2N1. The van der Waals surface area contributed by atoms with Gasteiger partial charge in [-0.2, -0.15) is 0 Å². The highest BCUT2D eigenvalue weighted by molar-refractivity contribution is 7.92. The molecule has 6 atom stereocenters. The molecule has 8 heteroatoms. The van der Waals surface area contributed by atoms with Crippen molar-refractivity contribution < 1.29 is 17.9 Å². The van der Waals surface area contributed by atoms with Crippen LogP contribution in [-0.2, 0) is 25.9 Å². The summed E-state index contributed by atoms with van der Waals surface area (Å²) in [5.74, 6) is 0.932. The smallest absolute Gasteiger partial charge is 0.237 e. The number of benzene rings is 1. The lowest BCUT2D eigenvalue weighted by Gasteiger charge is -2.32. The van der Waals surface area contributed by atoms with E-state index < -0.39 is 15.1 Å². The Morgan fingerprint density at radius 3 is 2.74 bits per heavy atom. The molecule has 1 saturated carbocycles. The van der Waals surface area contributed by atoms with Crippen LogP contribution in [0, 0.1) is 11.8 Å². The third kappa shape index (κ3) is 4.27. The monoisotopic (exact) mass is 447 g/mol. The highest BCUT2D eigenvalue weighted by Gasteiger charge is 2.44. The van der Waals surface area contributed by atoms with Gasteiger partial charge in [-0.3, -0.25) is 4.79 Å². The van der Waals surface area contributed by atoms with Gasteiger partial charge < -0.3 is 20.7 Å². The van der Waals surface area contributed by atoms with E-state index in [0.717, 1.165) is 50.8 Å². The Hall–Kier alpha value is -1.48. The quantitative estimate of drug-likeness (QED) is 0.631. The first-order valence-electron chi connectivity index (χ1n) is 11.7. The fraction of sp³-hybridized carbons (Fsp3) is 0.696. The fourth-order valence-electron chi connectivity index (χ4n) is 5.94. The lowest BCUT2D eigenvalue weighted by atomic mass is 9.86. The van der Waals surface area contributed by atoms with Crippen molar-refractivity contribution >= 4 is 15.7 Å². The molecule has 1 aromatic carbocycles. The number of piperidine rings is 1. The number of hydrogen-bond donors (Lipinski definition) is 3. The van der Waals surface area contributed by atoms with E-state index in [4.69, 9.17) is 4.74 Å². The lowest BCUT2D eigenvalue weighted by Crippen LogP contribution is -2.45. The fourth-order valence-corrected chi connectivity index (χ4v) is 7.93. The minimum absolute atomic E-state index is 0.0257. The second kappa shape index (κ2) is 8.81. The minimum Gasteiger partial charge on any atom is -0.377 e. The summed E-state index contributed by atoms with van der Waals surface area (Å²) in [6.45, 7) is 3.06. The standard InChI is InChI=1S/C23H33N3O4S/c27-23(20-12-17-14-24-10-8-19(17)26-20)25-13-15-4-6-18(7-5-15)31(28,29)21-3-1-2-16-9-11-30-22(16)21/h4-7,16-17,19-22,24,26H,1-3,8-14H2,(H,25,27). The van der Waals surface area contributed by atoms with Crippen LogP contribution in [0.5, 0.6) is 0 Å². The third-order valence-electron chi connectivity index (χ3n) is 7.69. The van der Waals surface area contributed by atoms with Gasteiger partial charge >= 0.3 is 0 Å². The van der Waals surface area contributed by atoms with E-state index in [9.17, 15) is 13.2 Å². The number of rotatable bonds is 5. The molecule has 4 aliphatic rings. The molecule has 0 aromatic heterocycles. The zero-order valence-corrected chi connectivity index (χ0v) is 18.7. The van der Waals surface area contributed by atoms with E-state index in [-0.39, 0.29) is 18.1 Å². The Morgan fingerprint density at radius 1 is 1.10 bits per heavy atom. The van der Waals surface area contributed by atoms with Crippen molar-refractivity contribution in [1.29, 1.82) is 0 Å². The summed E-state index contributed by atoms with van der Waals surface area (Å²) < 4.78 is 32.3. The van der Waals surface area contributed by atoms with E-state index >= 15 is 0 Å². The van der Waals surface area contributed by atoms with Gasteiger partial charge in [0.15, 0.2) is 9.84 Å². The molecule has 4 fully saturated rings. The first kappa shape index (κ1) is 21.4. The number of fused-ring (bicyclic) bond motifs is 2. The Kier molecular flexibility index (Phi) is 6.07. The summed E-state index contributed by atoms with van der Waals surface area (Å²) in [6.07, 6.45) is 5.45. The van der Waals surface area contributed by atoms with Crippen molar-refractivity contribution in [3.8, 4) is 0 Å². The first-order chi connectivity index (χ1) is 15.0. The molecule has 0 bridgehead atoms. The van der Waals surface area contributed by atoms with Gasteiger partial charge in [-0.25, -0.2) is 8.42 Å². The van der Waals surface area contributed by atoms with E-state index in [1.54, 1.807) is 12.1 Å². The summed E-state index contributed by atoms with van der Waals surface area (Å²) in [5.41, 5.74) is 0.906. The maximum Gasteiger partial charge on any atom is 0.237 e. The van der Waals surface area contributed by atoms with Crippen LogP contribution in [0.4, 0.5) is 0 Å². The van der Waals surface area contributed by atoms with Crippen molar-refractivity contribution in [2.75, 3.05) is 19.7 Å². The first-order valence-corrected chi connectivity index (χ1v) is 13.3. The van der Waals surface area contributed by atoms with Crippen LogP contribution in [-0.4, -0.2) is 57.5 Å². The lowest BCUT2D eigenvalue weighted by molar-refractivity contribution is -0.123. The van der Waals surface area contributed by atoms with Gasteiger partial charge in [0, 0.05) is 19.2 Å². The maximum absolute atomic E-state index is 13.2. The van der Waals surface area contributed by atoms with Crippen LogP contribution in [0.2, 0.25) is 0 Å². The molecule has 1 aromatic rings. The molecule has 3 N–H and O–H groups in total. The molecule has 3 heterocycles. The topological polar surface area (TPSA) is 96.5 Å². The van der Waals surface area contributed by atoms with Crippen LogP contribution in [0.1, 0.15) is 44.1 Å². The van der Waals surface area contributed by atoms with Crippen LogP contribution < -0.4 is 16.0 Å². The molecule has 6 unspecified atom stereocenters. The second-order valence-corrected chi connectivity index (χ2v) is 11.7. The minimum atomic E-state index is -3.42. The maximum atomic E-state index is 13.2. The molecule has 5 rings (SSSR count). The number of ether oxygens (including phenoxy) is 1. The van der Waals surface area contributed by atoms with Crippen molar-refractivity contribution in [3.05, 3.63) is 29.8 Å². The molecule has 0 spiro atoms. The number of sulfone groups is 1. The molecule has 1 aliphatic carbocycles. The Balaban J connectivity index is 1.19. The summed E-state index contributed by atoms with van der Waals surface area (Å²) >= 11 is 0. The molecule has 1 amide bonds. The van der Waals surface area contributed by atoms with E-state index in [2.05, 4.69) is 16.0 Å². The van der Waals surface area contributed by atoms with Gasteiger partial charge in [-0.15, -0.1) is 0 Å². The summed E-state index contributed by atoms with van der Waals surface area (Å²) in [4.78, 5) is 13.0. The van der Waals surface area contributed by atoms with E-state index in [1.165, 1.54) is 0 Å². The third-order valence-corrected chi connectivity index (χ3v) is 9.92. The summed E-state index contributed by atoms with van der Waals surface area (Å²) in [7, 11) is -3.42. The van der Waals surface area contributed by atoms with Gasteiger partial charge in [-0.05, 0) is 74.7 Å². The number of hydrogen-bond acceptors (Lipinski definition) is 6. The molecule has 0 radical (unpaired) electrons. The molecule has 7 nitrogen and oxygen atoms in total. The summed E-state index contributed by atoms with van der Waals surface area (Å²) in [5, 5.41) is 9.44. The number of nitrogens with one attached hydrogen (secondary N) is 3. The van der Waals surface area contributed by atoms with Crippen molar-refractivity contribution in [2.45, 2.75) is 73.4 Å². The molecule has 31 heavy (non-hydrogen) atoms. The van der Waals surface area contributed by atoms with Crippen LogP contribution in [0.15, 0.2) is 29.2 Å². The predicted octanol–water partition coefficient (Wildman–Crippen LogP) is 1.37. The number of carbonyl (C=O) groups is 1. The van der Waals surface area contributed by atoms with Crippen LogP contribution in [0.3, 0.4) is 0 Å². The van der Waals surface area contributed by atoms with E-state index in [0.29, 0.717) is 42.3 Å². The second-order valence-electron chi connectivity index (χ2n) is 9.57. The predicted molar refractivity (Wildman–Crippen MR) is 117 cm³/mol. The van der Waals surface area contributed by atoms with Gasteiger partial charge in [-0.1, -0.05) is 18.6 Å². The highest BCUT2D eigenvalue weighted by Crippen LogP contribution is 2.39. The van der Waals surface area contributed by atoms with E-state index in [1.807, 2.05) is 12.1 Å². The van der Waals surface area contributed by atoms with Crippen molar-refractivity contribution in [2.24, 2.45) is 11.8 Å². The van der Waals surface area contributed by atoms with Gasteiger partial charge in [0.2, 0.25) is 5.91 Å². The average Bonchev–Trinajstić information content (AvgIpc) is 3.44. The molecular weight excluding hydrogens is 414 g/mol. The average molecular weight is 448 g/mol. The molecular formula is C23H33N3O4S. The summed E-state index contributed by atoms with van der Waals surface area (Å²) in [6, 6.07) is 7.29. The van der Waals surface area contributed by atoms with Gasteiger partial charge in [0.25, 0.3) is 0 Å².